The summed E-state index contributed by atoms with van der Waals surface area (Å²) in [5.41, 5.74) is 0.854. The molecule has 1 aromatic heterocycles. The summed E-state index contributed by atoms with van der Waals surface area (Å²) in [5.74, 6) is 1.28. The Kier molecular flexibility index (Phi) is 3.69. The van der Waals surface area contributed by atoms with Crippen LogP contribution in [0.3, 0.4) is 0 Å². The molecule has 0 spiro atoms. The summed E-state index contributed by atoms with van der Waals surface area (Å²) in [6.45, 7) is 0.247. The van der Waals surface area contributed by atoms with Crippen molar-refractivity contribution in [1.29, 1.82) is 0 Å². The zero-order valence-electron chi connectivity index (χ0n) is 10.6. The van der Waals surface area contributed by atoms with E-state index in [0.717, 1.165) is 10.0 Å². The zero-order valence-corrected chi connectivity index (χ0v) is 12.2. The Bertz CT molecular complexity index is 645. The molecule has 0 radical (unpaired) electrons. The van der Waals surface area contributed by atoms with Gasteiger partial charge in [0.15, 0.2) is 23.4 Å². The number of rotatable bonds is 3. The smallest absolute Gasteiger partial charge is 0.191 e. The Morgan fingerprint density at radius 2 is 2.10 bits per heavy atom. The van der Waals surface area contributed by atoms with Crippen LogP contribution >= 0.6 is 15.9 Å². The van der Waals surface area contributed by atoms with Gasteiger partial charge in [-0.15, -0.1) is 0 Å². The highest BCUT2D eigenvalue weighted by Crippen LogP contribution is 2.31. The fraction of sp³-hybridized carbons (Fsp3) is 0.200. The third-order valence-corrected chi connectivity index (χ3v) is 3.44. The molecule has 1 atom stereocenters. The molecule has 1 aliphatic heterocycles. The molecule has 0 saturated heterocycles. The largest absolute Gasteiger partial charge is 0.485 e. The number of aromatic nitrogens is 1. The van der Waals surface area contributed by atoms with Gasteiger partial charge < -0.3 is 9.47 Å². The van der Waals surface area contributed by atoms with Gasteiger partial charge >= 0.3 is 0 Å². The molecule has 1 aromatic carbocycles. The molecule has 4 nitrogen and oxygen atoms in total. The van der Waals surface area contributed by atoms with Crippen LogP contribution in [0.25, 0.3) is 0 Å². The van der Waals surface area contributed by atoms with Crippen molar-refractivity contribution in [3.05, 3.63) is 52.8 Å². The maximum absolute atomic E-state index is 12.2. The van der Waals surface area contributed by atoms with E-state index in [1.165, 1.54) is 0 Å². The van der Waals surface area contributed by atoms with Gasteiger partial charge in [-0.1, -0.05) is 12.1 Å². The third-order valence-electron chi connectivity index (χ3n) is 3.01. The van der Waals surface area contributed by atoms with Crippen LogP contribution in [0.4, 0.5) is 0 Å². The highest BCUT2D eigenvalue weighted by atomic mass is 79.9. The lowest BCUT2D eigenvalue weighted by molar-refractivity contribution is -0.127. The number of carbonyl (C=O) groups is 1. The molecule has 20 heavy (non-hydrogen) atoms. The topological polar surface area (TPSA) is 48.4 Å². The summed E-state index contributed by atoms with van der Waals surface area (Å²) in [4.78, 5) is 16.3. The second-order valence-electron chi connectivity index (χ2n) is 4.52. The van der Waals surface area contributed by atoms with Gasteiger partial charge in [-0.25, -0.2) is 0 Å². The fourth-order valence-corrected chi connectivity index (χ4v) is 2.46. The van der Waals surface area contributed by atoms with Crippen LogP contribution in [0.2, 0.25) is 0 Å². The number of pyridine rings is 1. The minimum Gasteiger partial charge on any atom is -0.485 e. The molecular formula is C15H12BrNO3. The van der Waals surface area contributed by atoms with E-state index in [4.69, 9.17) is 9.47 Å². The maximum Gasteiger partial charge on any atom is 0.191 e. The molecule has 5 heteroatoms. The number of ether oxygens (including phenoxy) is 2. The first-order chi connectivity index (χ1) is 9.72. The van der Waals surface area contributed by atoms with Gasteiger partial charge in [0.1, 0.15) is 6.61 Å². The van der Waals surface area contributed by atoms with Crippen molar-refractivity contribution in [2.24, 2.45) is 0 Å². The molecule has 1 aliphatic rings. The number of fused-ring (bicyclic) bond motifs is 1. The molecule has 1 unspecified atom stereocenters. The average molecular weight is 334 g/mol. The summed E-state index contributed by atoms with van der Waals surface area (Å²) in [5, 5.41) is 0. The summed E-state index contributed by atoms with van der Waals surface area (Å²) in [6.07, 6.45) is 3.08. The normalized spacial score (nSPS) is 16.8. The van der Waals surface area contributed by atoms with Gasteiger partial charge in [0.25, 0.3) is 0 Å². The van der Waals surface area contributed by atoms with Crippen LogP contribution in [-0.2, 0) is 11.2 Å². The van der Waals surface area contributed by atoms with E-state index >= 15 is 0 Å². The van der Waals surface area contributed by atoms with E-state index in [0.29, 0.717) is 11.5 Å². The van der Waals surface area contributed by atoms with E-state index in [-0.39, 0.29) is 18.8 Å². The molecule has 2 heterocycles. The average Bonchev–Trinajstić information content (AvgIpc) is 2.47. The van der Waals surface area contributed by atoms with Crippen LogP contribution in [0.15, 0.2) is 47.2 Å². The first kappa shape index (κ1) is 13.1. The van der Waals surface area contributed by atoms with Gasteiger partial charge in [-0.2, -0.15) is 0 Å². The van der Waals surface area contributed by atoms with Crippen molar-refractivity contribution < 1.29 is 14.3 Å². The van der Waals surface area contributed by atoms with E-state index in [1.54, 1.807) is 18.5 Å². The van der Waals surface area contributed by atoms with Crippen molar-refractivity contribution in [2.45, 2.75) is 12.5 Å². The fourth-order valence-electron chi connectivity index (χ4n) is 2.05. The van der Waals surface area contributed by atoms with Crippen LogP contribution in [-0.4, -0.2) is 23.5 Å². The Morgan fingerprint density at radius 3 is 2.90 bits per heavy atom. The number of hydrogen-bond acceptors (Lipinski definition) is 4. The highest BCUT2D eigenvalue weighted by molar-refractivity contribution is 9.10. The number of hydrogen-bond donors (Lipinski definition) is 0. The Morgan fingerprint density at radius 1 is 1.30 bits per heavy atom. The molecule has 0 amide bonds. The molecule has 2 aromatic rings. The quantitative estimate of drug-likeness (QED) is 0.866. The third kappa shape index (κ3) is 2.82. The number of halogens is 1. The summed E-state index contributed by atoms with van der Waals surface area (Å²) < 4.78 is 12.1. The predicted octanol–water partition coefficient (Wildman–Crippen LogP) is 2.80. The van der Waals surface area contributed by atoms with E-state index in [2.05, 4.69) is 20.9 Å². The molecule has 0 fully saturated rings. The van der Waals surface area contributed by atoms with Gasteiger partial charge in [0.05, 0.1) is 0 Å². The number of Topliss-reactive ketones (excluding diaryl/α,β-unsaturated/α-hetero) is 1. The van der Waals surface area contributed by atoms with Gasteiger partial charge in [-0.05, 0) is 39.7 Å². The monoisotopic (exact) mass is 333 g/mol. The number of nitrogens with zero attached hydrogens (tertiary/aromatic N) is 1. The Hall–Kier alpha value is -1.88. The van der Waals surface area contributed by atoms with Crippen LogP contribution in [0.5, 0.6) is 11.5 Å². The highest BCUT2D eigenvalue weighted by Gasteiger charge is 2.27. The predicted molar refractivity (Wildman–Crippen MR) is 77.0 cm³/mol. The Labute approximate surface area is 124 Å². The lowest BCUT2D eigenvalue weighted by atomic mass is 10.1. The lowest BCUT2D eigenvalue weighted by Crippen LogP contribution is -2.37. The molecule has 102 valence electrons. The van der Waals surface area contributed by atoms with Crippen molar-refractivity contribution >= 4 is 21.7 Å². The number of carbonyl (C=O) groups excluding carboxylic acids is 1. The molecule has 3 rings (SSSR count). The van der Waals surface area contributed by atoms with Gasteiger partial charge in [0.2, 0.25) is 0 Å². The summed E-state index contributed by atoms with van der Waals surface area (Å²) in [7, 11) is 0. The SMILES string of the molecule is O=C(Cc1cncc(Br)c1)C1COc2ccccc2O1. The zero-order chi connectivity index (χ0) is 13.9. The van der Waals surface area contributed by atoms with Crippen molar-refractivity contribution in [1.82, 2.24) is 4.98 Å². The second-order valence-corrected chi connectivity index (χ2v) is 5.43. The maximum atomic E-state index is 12.2. The van der Waals surface area contributed by atoms with Crippen molar-refractivity contribution in [2.75, 3.05) is 6.61 Å². The van der Waals surface area contributed by atoms with Crippen LogP contribution < -0.4 is 9.47 Å². The van der Waals surface area contributed by atoms with Gasteiger partial charge in [-0.3, -0.25) is 9.78 Å². The van der Waals surface area contributed by atoms with Crippen LogP contribution in [0, 0.1) is 0 Å². The standard InChI is InChI=1S/C15H12BrNO3/c16-11-5-10(7-17-8-11)6-12(18)15-9-19-13-3-1-2-4-14(13)20-15/h1-5,7-8,15H,6,9H2. The molecule has 0 saturated carbocycles. The first-order valence-corrected chi connectivity index (χ1v) is 7.02. The molecular weight excluding hydrogens is 322 g/mol. The minimum absolute atomic E-state index is 0.0144. The van der Waals surface area contributed by atoms with E-state index < -0.39 is 6.10 Å². The van der Waals surface area contributed by atoms with E-state index in [1.807, 2.05) is 24.3 Å². The number of benzene rings is 1. The number of para-hydroxylation sites is 2. The first-order valence-electron chi connectivity index (χ1n) is 6.23. The molecule has 0 bridgehead atoms. The second kappa shape index (κ2) is 5.63. The summed E-state index contributed by atoms with van der Waals surface area (Å²) in [6, 6.07) is 9.23. The molecule has 0 aliphatic carbocycles. The summed E-state index contributed by atoms with van der Waals surface area (Å²) >= 11 is 3.34. The Balaban J connectivity index is 1.70. The van der Waals surface area contributed by atoms with E-state index in [9.17, 15) is 4.79 Å². The van der Waals surface area contributed by atoms with Crippen LogP contribution in [0.1, 0.15) is 5.56 Å². The lowest BCUT2D eigenvalue weighted by Gasteiger charge is -2.25. The van der Waals surface area contributed by atoms with Gasteiger partial charge in [0, 0.05) is 23.3 Å². The number of ketones is 1. The molecule has 0 N–H and O–H groups in total. The van der Waals surface area contributed by atoms with Crippen molar-refractivity contribution in [3.8, 4) is 11.5 Å². The minimum atomic E-state index is -0.566. The van der Waals surface area contributed by atoms with Crippen molar-refractivity contribution in [3.63, 3.8) is 0 Å².